The Labute approximate surface area is 190 Å². The van der Waals surface area contributed by atoms with E-state index in [2.05, 4.69) is 80.3 Å². The molecule has 2 aromatic rings. The highest BCUT2D eigenvalue weighted by Crippen LogP contribution is 2.41. The van der Waals surface area contributed by atoms with Crippen LogP contribution in [0.15, 0.2) is 73.3 Å². The average molecular weight is 413 g/mol. The summed E-state index contributed by atoms with van der Waals surface area (Å²) in [4.78, 5) is 0. The van der Waals surface area contributed by atoms with Gasteiger partial charge in [0.15, 0.2) is 0 Å². The zero-order valence-corrected chi connectivity index (χ0v) is 19.4. The molecule has 0 N–H and O–H groups in total. The van der Waals surface area contributed by atoms with Gasteiger partial charge < -0.3 is 0 Å². The first-order chi connectivity index (χ1) is 15.3. The molecule has 0 nitrogen and oxygen atoms in total. The van der Waals surface area contributed by atoms with Gasteiger partial charge in [-0.3, -0.25) is 0 Å². The summed E-state index contributed by atoms with van der Waals surface area (Å²) in [5.41, 5.74) is 5.58. The van der Waals surface area contributed by atoms with Gasteiger partial charge in [-0.15, -0.1) is 6.58 Å². The van der Waals surface area contributed by atoms with E-state index in [1.54, 1.807) is 0 Å². The van der Waals surface area contributed by atoms with Crippen LogP contribution in [0.1, 0.15) is 81.8 Å². The molecular weight excluding hydrogens is 372 g/mol. The molecule has 0 aliphatic heterocycles. The van der Waals surface area contributed by atoms with E-state index in [4.69, 9.17) is 0 Å². The minimum atomic E-state index is 0.598. The average Bonchev–Trinajstić information content (AvgIpc) is 2.84. The second kappa shape index (κ2) is 11.0. The monoisotopic (exact) mass is 412 g/mol. The summed E-state index contributed by atoms with van der Waals surface area (Å²) in [7, 11) is 0. The van der Waals surface area contributed by atoms with E-state index in [0.29, 0.717) is 5.92 Å². The molecule has 2 atom stereocenters. The van der Waals surface area contributed by atoms with Crippen LogP contribution in [-0.4, -0.2) is 0 Å². The Morgan fingerprint density at radius 1 is 0.806 bits per heavy atom. The van der Waals surface area contributed by atoms with E-state index in [0.717, 1.165) is 17.8 Å². The van der Waals surface area contributed by atoms with Crippen LogP contribution in [0.2, 0.25) is 0 Å². The zero-order chi connectivity index (χ0) is 21.5. The van der Waals surface area contributed by atoms with E-state index < -0.39 is 0 Å². The SMILES string of the molecule is C=CCCC1CCC(C2C=CC(c3ccc(-c4ccc(CCC)cc4)cc3)CC2)CC1. The second-order valence-corrected chi connectivity index (χ2v) is 9.95. The quantitative estimate of drug-likeness (QED) is 0.379. The number of aryl methyl sites for hydroxylation is 1. The first-order valence-electron chi connectivity index (χ1n) is 12.7. The van der Waals surface area contributed by atoms with Crippen molar-refractivity contribution in [1.82, 2.24) is 0 Å². The van der Waals surface area contributed by atoms with Gasteiger partial charge in [0.25, 0.3) is 0 Å². The molecule has 0 spiro atoms. The summed E-state index contributed by atoms with van der Waals surface area (Å²) in [6.07, 6.45) is 20.5. The molecule has 164 valence electrons. The van der Waals surface area contributed by atoms with E-state index in [1.165, 1.54) is 86.5 Å². The number of hydrogen-bond donors (Lipinski definition) is 0. The number of benzene rings is 2. The van der Waals surface area contributed by atoms with Crippen molar-refractivity contribution in [3.05, 3.63) is 84.5 Å². The molecule has 0 amide bonds. The van der Waals surface area contributed by atoms with Crippen LogP contribution in [-0.2, 0) is 6.42 Å². The highest BCUT2D eigenvalue weighted by atomic mass is 14.3. The van der Waals surface area contributed by atoms with Gasteiger partial charge in [-0.2, -0.15) is 0 Å². The number of rotatable bonds is 8. The molecule has 0 bridgehead atoms. The Morgan fingerprint density at radius 3 is 2.06 bits per heavy atom. The maximum atomic E-state index is 3.89. The summed E-state index contributed by atoms with van der Waals surface area (Å²) < 4.78 is 0. The topological polar surface area (TPSA) is 0 Å². The van der Waals surface area contributed by atoms with Crippen molar-refractivity contribution < 1.29 is 0 Å². The van der Waals surface area contributed by atoms with Crippen molar-refractivity contribution in [3.63, 3.8) is 0 Å². The largest absolute Gasteiger partial charge is 0.103 e. The molecule has 1 fully saturated rings. The van der Waals surface area contributed by atoms with Crippen LogP contribution in [0.25, 0.3) is 11.1 Å². The highest BCUT2D eigenvalue weighted by Gasteiger charge is 2.28. The zero-order valence-electron chi connectivity index (χ0n) is 19.4. The fourth-order valence-electron chi connectivity index (χ4n) is 5.85. The lowest BCUT2D eigenvalue weighted by Crippen LogP contribution is -2.22. The summed E-state index contributed by atoms with van der Waals surface area (Å²) in [5, 5.41) is 0. The van der Waals surface area contributed by atoms with Crippen LogP contribution in [0.3, 0.4) is 0 Å². The Morgan fingerprint density at radius 2 is 1.48 bits per heavy atom. The molecule has 0 aromatic heterocycles. The maximum Gasteiger partial charge on any atom is 0.00182 e. The van der Waals surface area contributed by atoms with Gasteiger partial charge in [0.05, 0.1) is 0 Å². The predicted molar refractivity (Wildman–Crippen MR) is 135 cm³/mol. The van der Waals surface area contributed by atoms with Crippen molar-refractivity contribution in [2.45, 2.75) is 77.0 Å². The minimum absolute atomic E-state index is 0.598. The van der Waals surface area contributed by atoms with Crippen molar-refractivity contribution in [2.75, 3.05) is 0 Å². The van der Waals surface area contributed by atoms with Gasteiger partial charge in [0.1, 0.15) is 0 Å². The summed E-state index contributed by atoms with van der Waals surface area (Å²) in [6, 6.07) is 18.5. The molecule has 0 radical (unpaired) electrons. The van der Waals surface area contributed by atoms with E-state index in [1.807, 2.05) is 0 Å². The van der Waals surface area contributed by atoms with Crippen LogP contribution in [0.4, 0.5) is 0 Å². The van der Waals surface area contributed by atoms with Crippen molar-refractivity contribution in [1.29, 1.82) is 0 Å². The summed E-state index contributed by atoms with van der Waals surface area (Å²) >= 11 is 0. The van der Waals surface area contributed by atoms with E-state index in [-0.39, 0.29) is 0 Å². The lowest BCUT2D eigenvalue weighted by atomic mass is 9.70. The van der Waals surface area contributed by atoms with Gasteiger partial charge in [-0.05, 0) is 85.0 Å². The maximum absolute atomic E-state index is 3.89. The van der Waals surface area contributed by atoms with Crippen LogP contribution < -0.4 is 0 Å². The standard InChI is InChI=1S/C31H40/c1-3-5-7-25-10-14-27(15-11-25)29-18-22-31(23-19-29)30-20-16-28(17-21-30)26-12-8-24(6-4-2)9-13-26/h3,8-9,12-13,16-18,20-22,25,27,29,31H,1,4-7,10-11,14-15,19,23H2,2H3. The molecule has 2 unspecified atom stereocenters. The molecule has 2 aromatic carbocycles. The Hall–Kier alpha value is -2.08. The van der Waals surface area contributed by atoms with E-state index in [9.17, 15) is 0 Å². The molecule has 4 rings (SSSR count). The molecule has 0 saturated heterocycles. The lowest BCUT2D eigenvalue weighted by Gasteiger charge is -2.35. The van der Waals surface area contributed by atoms with Gasteiger partial charge in [-0.1, -0.05) is 92.9 Å². The fraction of sp³-hybridized carbons (Fsp3) is 0.484. The Kier molecular flexibility index (Phi) is 7.84. The molecule has 2 aliphatic carbocycles. The third-order valence-corrected chi connectivity index (χ3v) is 7.84. The third-order valence-electron chi connectivity index (χ3n) is 7.84. The van der Waals surface area contributed by atoms with Crippen molar-refractivity contribution >= 4 is 0 Å². The Balaban J connectivity index is 1.31. The molecule has 2 aliphatic rings. The molecule has 31 heavy (non-hydrogen) atoms. The smallest absolute Gasteiger partial charge is 0.00182 e. The Bertz CT molecular complexity index is 831. The summed E-state index contributed by atoms with van der Waals surface area (Å²) in [5.74, 6) is 3.30. The number of allylic oxidation sites excluding steroid dienone is 3. The van der Waals surface area contributed by atoms with Gasteiger partial charge >= 0.3 is 0 Å². The molecule has 0 heteroatoms. The van der Waals surface area contributed by atoms with Gasteiger partial charge in [-0.25, -0.2) is 0 Å². The van der Waals surface area contributed by atoms with Crippen LogP contribution >= 0.6 is 0 Å². The van der Waals surface area contributed by atoms with Crippen LogP contribution in [0.5, 0.6) is 0 Å². The number of hydrogen-bond acceptors (Lipinski definition) is 0. The van der Waals surface area contributed by atoms with Crippen molar-refractivity contribution in [3.8, 4) is 11.1 Å². The van der Waals surface area contributed by atoms with Gasteiger partial charge in [0, 0.05) is 5.92 Å². The molecular formula is C31H40. The third kappa shape index (κ3) is 5.79. The minimum Gasteiger partial charge on any atom is -0.103 e. The second-order valence-electron chi connectivity index (χ2n) is 9.95. The van der Waals surface area contributed by atoms with Crippen molar-refractivity contribution in [2.24, 2.45) is 17.8 Å². The molecule has 0 heterocycles. The van der Waals surface area contributed by atoms with Gasteiger partial charge in [0.2, 0.25) is 0 Å². The normalized spacial score (nSPS) is 26.0. The lowest BCUT2D eigenvalue weighted by molar-refractivity contribution is 0.210. The first kappa shape index (κ1) is 22.1. The van der Waals surface area contributed by atoms with E-state index >= 15 is 0 Å². The van der Waals surface area contributed by atoms with Crippen LogP contribution in [0, 0.1) is 17.8 Å². The summed E-state index contributed by atoms with van der Waals surface area (Å²) in [6.45, 7) is 6.13. The molecule has 1 saturated carbocycles. The predicted octanol–water partition coefficient (Wildman–Crippen LogP) is 9.13. The highest BCUT2D eigenvalue weighted by molar-refractivity contribution is 5.64. The fourth-order valence-corrected chi connectivity index (χ4v) is 5.85. The first-order valence-corrected chi connectivity index (χ1v) is 12.7.